The smallest absolute Gasteiger partial charge is 0.309 e. The highest BCUT2D eigenvalue weighted by molar-refractivity contribution is 5.98. The van der Waals surface area contributed by atoms with Crippen molar-refractivity contribution in [3.63, 3.8) is 0 Å². The number of aromatic nitrogens is 1. The van der Waals surface area contributed by atoms with Gasteiger partial charge in [0.05, 0.1) is 5.56 Å². The molecule has 7 heteroatoms. The molecule has 1 aliphatic carbocycles. The summed E-state index contributed by atoms with van der Waals surface area (Å²) in [5.41, 5.74) is -1.02. The molecular weight excluding hydrogens is 312 g/mol. The Morgan fingerprint density at radius 3 is 2.57 bits per heavy atom. The second kappa shape index (κ2) is 5.23. The summed E-state index contributed by atoms with van der Waals surface area (Å²) < 4.78 is 54.4. The highest BCUT2D eigenvalue weighted by Crippen LogP contribution is 2.37. The van der Waals surface area contributed by atoms with Gasteiger partial charge in [0.2, 0.25) is 0 Å². The molecule has 0 saturated heterocycles. The van der Waals surface area contributed by atoms with Gasteiger partial charge >= 0.3 is 6.18 Å². The van der Waals surface area contributed by atoms with Crippen LogP contribution in [-0.4, -0.2) is 10.4 Å². The van der Waals surface area contributed by atoms with Crippen molar-refractivity contribution in [2.75, 3.05) is 0 Å². The predicted molar refractivity (Wildman–Crippen MR) is 72.7 cm³/mol. The first-order chi connectivity index (χ1) is 10.8. The molecule has 0 aliphatic heterocycles. The van der Waals surface area contributed by atoms with E-state index in [1.807, 2.05) is 0 Å². The molecule has 0 atom stereocenters. The molecule has 118 valence electrons. The van der Waals surface area contributed by atoms with Crippen LogP contribution in [0.15, 0.2) is 24.3 Å². The van der Waals surface area contributed by atoms with E-state index in [0.29, 0.717) is 12.8 Å². The average Bonchev–Trinajstić information content (AvgIpc) is 2.89. The van der Waals surface area contributed by atoms with E-state index < -0.39 is 17.7 Å². The minimum atomic E-state index is -4.67. The Balaban J connectivity index is 2.30. The molecule has 1 heterocycles. The molecule has 0 amide bonds. The van der Waals surface area contributed by atoms with Crippen LogP contribution in [0.1, 0.15) is 40.2 Å². The van der Waals surface area contributed by atoms with Gasteiger partial charge in [-0.05, 0) is 37.1 Å². The lowest BCUT2D eigenvalue weighted by atomic mass is 9.96. The Hall–Kier alpha value is -2.62. The third kappa shape index (κ3) is 2.50. The summed E-state index contributed by atoms with van der Waals surface area (Å²) in [6, 6.07) is 5.63. The number of nitrogens with zero attached hydrogens (tertiary/aromatic N) is 2. The van der Waals surface area contributed by atoms with Gasteiger partial charge in [0, 0.05) is 23.4 Å². The van der Waals surface area contributed by atoms with Crippen LogP contribution in [0.25, 0.3) is 5.69 Å². The zero-order valence-corrected chi connectivity index (χ0v) is 11.7. The Bertz CT molecular complexity index is 843. The van der Waals surface area contributed by atoms with Crippen molar-refractivity contribution < 1.29 is 22.4 Å². The van der Waals surface area contributed by atoms with E-state index >= 15 is 0 Å². The van der Waals surface area contributed by atoms with E-state index in [9.17, 15) is 22.4 Å². The van der Waals surface area contributed by atoms with Crippen LogP contribution in [0.5, 0.6) is 0 Å². The summed E-state index contributed by atoms with van der Waals surface area (Å²) in [5, 5.41) is 8.87. The summed E-state index contributed by atoms with van der Waals surface area (Å²) in [4.78, 5) is 11.9. The molecule has 0 N–H and O–H groups in total. The maximum atomic E-state index is 13.4. The van der Waals surface area contributed by atoms with E-state index in [4.69, 9.17) is 5.26 Å². The van der Waals surface area contributed by atoms with Crippen LogP contribution in [0.2, 0.25) is 0 Å². The summed E-state index contributed by atoms with van der Waals surface area (Å²) in [6.07, 6.45) is -3.68. The van der Waals surface area contributed by atoms with Gasteiger partial charge in [-0.1, -0.05) is 0 Å². The number of rotatable bonds is 1. The van der Waals surface area contributed by atoms with Gasteiger partial charge < -0.3 is 4.57 Å². The quantitative estimate of drug-likeness (QED) is 0.744. The topological polar surface area (TPSA) is 45.8 Å². The van der Waals surface area contributed by atoms with Crippen LogP contribution in [-0.2, 0) is 12.6 Å². The van der Waals surface area contributed by atoms with Crippen molar-refractivity contribution in [3.8, 4) is 11.8 Å². The molecule has 0 saturated carbocycles. The lowest BCUT2D eigenvalue weighted by molar-refractivity contribution is -0.142. The number of alkyl halides is 3. The monoisotopic (exact) mass is 322 g/mol. The molecule has 2 aromatic rings. The number of Topliss-reactive ketones (excluding diaryl/α,β-unsaturated/α-hetero) is 1. The molecule has 3 nitrogen and oxygen atoms in total. The number of carbonyl (C=O) groups is 1. The van der Waals surface area contributed by atoms with Crippen molar-refractivity contribution in [3.05, 3.63) is 52.6 Å². The molecule has 3 rings (SSSR count). The molecule has 0 bridgehead atoms. The van der Waals surface area contributed by atoms with Gasteiger partial charge in [-0.25, -0.2) is 4.39 Å². The van der Waals surface area contributed by atoms with Crippen molar-refractivity contribution in [2.24, 2.45) is 0 Å². The molecule has 0 fully saturated rings. The van der Waals surface area contributed by atoms with Crippen LogP contribution >= 0.6 is 0 Å². The number of nitriles is 1. The zero-order valence-electron chi connectivity index (χ0n) is 11.7. The van der Waals surface area contributed by atoms with Crippen molar-refractivity contribution in [1.29, 1.82) is 5.26 Å². The van der Waals surface area contributed by atoms with Gasteiger partial charge in [-0.3, -0.25) is 4.79 Å². The van der Waals surface area contributed by atoms with Crippen molar-refractivity contribution in [2.45, 2.75) is 25.4 Å². The Morgan fingerprint density at radius 1 is 1.17 bits per heavy atom. The minimum Gasteiger partial charge on any atom is -0.309 e. The number of halogens is 4. The van der Waals surface area contributed by atoms with Gasteiger partial charge in [0.15, 0.2) is 5.78 Å². The molecule has 0 spiro atoms. The van der Waals surface area contributed by atoms with E-state index in [0.717, 1.165) is 22.8 Å². The highest BCUT2D eigenvalue weighted by Gasteiger charge is 2.39. The van der Waals surface area contributed by atoms with E-state index in [1.165, 1.54) is 6.07 Å². The average molecular weight is 322 g/mol. The fourth-order valence-corrected chi connectivity index (χ4v) is 2.83. The number of hydrogen-bond donors (Lipinski definition) is 0. The SMILES string of the molecule is N#Cc1cc(-n2c(C(F)(F)F)cc3c2CCCC3=O)ccc1F. The standard InChI is InChI=1S/C16H10F4N2O/c17-12-5-4-10(6-9(12)8-21)22-13-2-1-3-14(23)11(13)7-15(22)16(18,19)20/h4-7H,1-3H2. The molecule has 0 radical (unpaired) electrons. The van der Waals surface area contributed by atoms with Gasteiger partial charge in [0.1, 0.15) is 17.6 Å². The molecule has 1 aliphatic rings. The van der Waals surface area contributed by atoms with Gasteiger partial charge in [-0.2, -0.15) is 18.4 Å². The molecule has 1 aromatic carbocycles. The number of benzene rings is 1. The second-order valence-electron chi connectivity index (χ2n) is 5.28. The fraction of sp³-hybridized carbons (Fsp3) is 0.250. The minimum absolute atomic E-state index is 0.0197. The predicted octanol–water partition coefficient (Wildman–Crippen LogP) is 4.03. The third-order valence-corrected chi connectivity index (χ3v) is 3.84. The Morgan fingerprint density at radius 2 is 1.91 bits per heavy atom. The largest absolute Gasteiger partial charge is 0.431 e. The Labute approximate surface area is 128 Å². The van der Waals surface area contributed by atoms with Crippen molar-refractivity contribution in [1.82, 2.24) is 4.57 Å². The summed E-state index contributed by atoms with van der Waals surface area (Å²) in [5.74, 6) is -1.14. The number of carbonyl (C=O) groups excluding carboxylic acids is 1. The maximum absolute atomic E-state index is 13.4. The molecular formula is C16H10F4N2O. The van der Waals surface area contributed by atoms with Crippen LogP contribution < -0.4 is 0 Å². The summed E-state index contributed by atoms with van der Waals surface area (Å²) in [7, 11) is 0. The molecule has 1 aromatic heterocycles. The zero-order chi connectivity index (χ0) is 16.8. The first-order valence-electron chi connectivity index (χ1n) is 6.88. The van der Waals surface area contributed by atoms with E-state index in [1.54, 1.807) is 6.07 Å². The maximum Gasteiger partial charge on any atom is 0.431 e. The Kier molecular flexibility index (Phi) is 3.48. The van der Waals surface area contributed by atoms with E-state index in [2.05, 4.69) is 0 Å². The van der Waals surface area contributed by atoms with Crippen LogP contribution in [0, 0.1) is 17.1 Å². The fourth-order valence-electron chi connectivity index (χ4n) is 2.83. The van der Waals surface area contributed by atoms with E-state index in [-0.39, 0.29) is 34.7 Å². The number of ketones is 1. The molecule has 23 heavy (non-hydrogen) atoms. The normalized spacial score (nSPS) is 14.5. The highest BCUT2D eigenvalue weighted by atomic mass is 19.4. The summed E-state index contributed by atoms with van der Waals surface area (Å²) >= 11 is 0. The van der Waals surface area contributed by atoms with Crippen LogP contribution in [0.4, 0.5) is 17.6 Å². The number of hydrogen-bond acceptors (Lipinski definition) is 2. The van der Waals surface area contributed by atoms with Crippen LogP contribution in [0.3, 0.4) is 0 Å². The second-order valence-corrected chi connectivity index (χ2v) is 5.28. The van der Waals surface area contributed by atoms with Gasteiger partial charge in [0.25, 0.3) is 0 Å². The molecule has 0 unspecified atom stereocenters. The first kappa shape index (κ1) is 15.3. The summed E-state index contributed by atoms with van der Waals surface area (Å²) in [6.45, 7) is 0. The third-order valence-electron chi connectivity index (χ3n) is 3.84. The lowest BCUT2D eigenvalue weighted by Crippen LogP contribution is -2.16. The number of fused-ring (bicyclic) bond motifs is 1. The van der Waals surface area contributed by atoms with Gasteiger partial charge in [-0.15, -0.1) is 0 Å². The first-order valence-corrected chi connectivity index (χ1v) is 6.88. The van der Waals surface area contributed by atoms with Crippen molar-refractivity contribution >= 4 is 5.78 Å². The lowest BCUT2D eigenvalue weighted by Gasteiger charge is -2.18.